The highest BCUT2D eigenvalue weighted by atomic mass is 32.2. The number of aryl methyl sites for hydroxylation is 1. The third kappa shape index (κ3) is 2.76. The molecule has 0 bridgehead atoms. The number of hydrogen-bond donors (Lipinski definition) is 0. The van der Waals surface area contributed by atoms with Crippen molar-refractivity contribution < 1.29 is 8.42 Å². The zero-order chi connectivity index (χ0) is 18.3. The van der Waals surface area contributed by atoms with Gasteiger partial charge in [-0.15, -0.1) is 0 Å². The maximum Gasteiger partial charge on any atom is 0.186 e. The molecule has 0 saturated carbocycles. The molecule has 3 aromatic carbocycles. The molecule has 1 aromatic heterocycles. The fourth-order valence-electron chi connectivity index (χ4n) is 3.23. The van der Waals surface area contributed by atoms with Gasteiger partial charge in [-0.05, 0) is 48.2 Å². The van der Waals surface area contributed by atoms with E-state index in [0.717, 1.165) is 27.1 Å². The predicted octanol–water partition coefficient (Wildman–Crippen LogP) is 5.23. The number of hydrogen-bond acceptors (Lipinski definition) is 3. The molecule has 0 aliphatic rings. The van der Waals surface area contributed by atoms with E-state index in [1.807, 2.05) is 43.3 Å². The second-order valence-corrected chi connectivity index (χ2v) is 8.89. The Morgan fingerprint density at radius 1 is 0.846 bits per heavy atom. The third-order valence-electron chi connectivity index (χ3n) is 4.88. The van der Waals surface area contributed by atoms with Crippen LogP contribution in [0.25, 0.3) is 21.5 Å². The first-order chi connectivity index (χ1) is 12.5. The van der Waals surface area contributed by atoms with E-state index in [1.54, 1.807) is 25.3 Å². The number of nitrogens with zero attached hydrogens (tertiary/aromatic N) is 1. The molecule has 0 saturated heterocycles. The fourth-order valence-corrected chi connectivity index (χ4v) is 4.60. The predicted molar refractivity (Wildman–Crippen MR) is 106 cm³/mol. The topological polar surface area (TPSA) is 47.0 Å². The first-order valence-electron chi connectivity index (χ1n) is 8.55. The van der Waals surface area contributed by atoms with Crippen molar-refractivity contribution in [3.8, 4) is 0 Å². The number of pyridine rings is 1. The van der Waals surface area contributed by atoms with Crippen LogP contribution in [0.2, 0.25) is 0 Å². The summed E-state index contributed by atoms with van der Waals surface area (Å²) in [5.41, 5.74) is 1.60. The van der Waals surface area contributed by atoms with E-state index in [2.05, 4.69) is 23.2 Å². The Hall–Kier alpha value is -2.72. The Balaban J connectivity index is 1.85. The Morgan fingerprint density at radius 3 is 2.31 bits per heavy atom. The molecule has 4 heteroatoms. The van der Waals surface area contributed by atoms with Crippen LogP contribution < -0.4 is 0 Å². The molecular formula is C22H19NO2S. The van der Waals surface area contributed by atoms with E-state index in [4.69, 9.17) is 0 Å². The van der Waals surface area contributed by atoms with Crippen LogP contribution in [0.1, 0.15) is 23.4 Å². The molecule has 0 spiro atoms. The first-order valence-corrected chi connectivity index (χ1v) is 10.1. The van der Waals surface area contributed by atoms with E-state index < -0.39 is 15.1 Å². The Labute approximate surface area is 153 Å². The SMILES string of the molecule is Cc1ccc(S(=O)(=O)C(C)c2cc3c(ccc4ccccc43)cn2)cc1. The highest BCUT2D eigenvalue weighted by molar-refractivity contribution is 7.91. The van der Waals surface area contributed by atoms with Gasteiger partial charge in [0.1, 0.15) is 5.25 Å². The summed E-state index contributed by atoms with van der Waals surface area (Å²) in [6, 6.07) is 21.1. The van der Waals surface area contributed by atoms with Gasteiger partial charge in [-0.25, -0.2) is 8.42 Å². The largest absolute Gasteiger partial charge is 0.259 e. The number of benzene rings is 3. The van der Waals surface area contributed by atoms with Gasteiger partial charge in [0.2, 0.25) is 0 Å². The van der Waals surface area contributed by atoms with Gasteiger partial charge in [-0.1, -0.05) is 54.1 Å². The van der Waals surface area contributed by atoms with Gasteiger partial charge in [0, 0.05) is 11.6 Å². The molecule has 3 nitrogen and oxygen atoms in total. The molecule has 4 rings (SSSR count). The summed E-state index contributed by atoms with van der Waals surface area (Å²) in [4.78, 5) is 4.77. The fraction of sp³-hybridized carbons (Fsp3) is 0.136. The molecule has 0 aliphatic carbocycles. The summed E-state index contributed by atoms with van der Waals surface area (Å²) in [5.74, 6) is 0. The molecule has 0 radical (unpaired) electrons. The van der Waals surface area contributed by atoms with Gasteiger partial charge < -0.3 is 0 Å². The second kappa shape index (κ2) is 6.22. The first kappa shape index (κ1) is 16.7. The average Bonchev–Trinajstić information content (AvgIpc) is 2.67. The molecule has 1 unspecified atom stereocenters. The highest BCUT2D eigenvalue weighted by Gasteiger charge is 2.26. The van der Waals surface area contributed by atoms with Crippen molar-refractivity contribution in [1.29, 1.82) is 0 Å². The van der Waals surface area contributed by atoms with Gasteiger partial charge >= 0.3 is 0 Å². The molecule has 1 heterocycles. The lowest BCUT2D eigenvalue weighted by Gasteiger charge is -2.14. The van der Waals surface area contributed by atoms with Gasteiger partial charge in [-0.3, -0.25) is 4.98 Å². The highest BCUT2D eigenvalue weighted by Crippen LogP contribution is 2.31. The lowest BCUT2D eigenvalue weighted by atomic mass is 10.0. The summed E-state index contributed by atoms with van der Waals surface area (Å²) in [6.07, 6.45) is 1.76. The molecule has 130 valence electrons. The minimum absolute atomic E-state index is 0.329. The lowest BCUT2D eigenvalue weighted by Crippen LogP contribution is -2.12. The monoisotopic (exact) mass is 361 g/mol. The van der Waals surface area contributed by atoms with E-state index in [1.165, 1.54) is 0 Å². The number of fused-ring (bicyclic) bond motifs is 3. The summed E-state index contributed by atoms with van der Waals surface area (Å²) in [5, 5.41) is 3.56. The van der Waals surface area contributed by atoms with Gasteiger partial charge in [0.25, 0.3) is 0 Å². The van der Waals surface area contributed by atoms with Gasteiger partial charge in [0.15, 0.2) is 9.84 Å². The maximum atomic E-state index is 13.0. The molecule has 0 aliphatic heterocycles. The van der Waals surface area contributed by atoms with E-state index in [0.29, 0.717) is 10.6 Å². The van der Waals surface area contributed by atoms with Crippen molar-refractivity contribution in [2.24, 2.45) is 0 Å². The van der Waals surface area contributed by atoms with Crippen molar-refractivity contribution in [2.75, 3.05) is 0 Å². The van der Waals surface area contributed by atoms with Crippen molar-refractivity contribution >= 4 is 31.4 Å². The van der Waals surface area contributed by atoms with Crippen LogP contribution in [0.4, 0.5) is 0 Å². The van der Waals surface area contributed by atoms with Crippen LogP contribution in [0, 0.1) is 6.92 Å². The summed E-state index contributed by atoms with van der Waals surface area (Å²) >= 11 is 0. The van der Waals surface area contributed by atoms with E-state index in [-0.39, 0.29) is 0 Å². The van der Waals surface area contributed by atoms with Crippen molar-refractivity contribution in [1.82, 2.24) is 4.98 Å². The molecule has 4 aromatic rings. The normalized spacial score (nSPS) is 13.2. The molecule has 0 fully saturated rings. The van der Waals surface area contributed by atoms with Crippen LogP contribution in [0.15, 0.2) is 77.8 Å². The zero-order valence-electron chi connectivity index (χ0n) is 14.7. The average molecular weight is 361 g/mol. The summed E-state index contributed by atoms with van der Waals surface area (Å²) in [7, 11) is -3.49. The Kier molecular flexibility index (Phi) is 4.00. The van der Waals surface area contributed by atoms with Gasteiger partial charge in [-0.2, -0.15) is 0 Å². The third-order valence-corrected chi connectivity index (χ3v) is 6.98. The number of sulfone groups is 1. The van der Waals surface area contributed by atoms with E-state index in [9.17, 15) is 8.42 Å². The van der Waals surface area contributed by atoms with Crippen LogP contribution in [0.3, 0.4) is 0 Å². The maximum absolute atomic E-state index is 13.0. The van der Waals surface area contributed by atoms with Gasteiger partial charge in [0.05, 0.1) is 10.6 Å². The Bertz CT molecular complexity index is 1210. The van der Waals surface area contributed by atoms with Crippen molar-refractivity contribution in [2.45, 2.75) is 24.0 Å². The molecule has 0 amide bonds. The minimum Gasteiger partial charge on any atom is -0.259 e. The van der Waals surface area contributed by atoms with Crippen molar-refractivity contribution in [3.05, 3.63) is 84.2 Å². The molecule has 26 heavy (non-hydrogen) atoms. The van der Waals surface area contributed by atoms with Crippen molar-refractivity contribution in [3.63, 3.8) is 0 Å². The Morgan fingerprint density at radius 2 is 1.54 bits per heavy atom. The number of aromatic nitrogens is 1. The van der Waals surface area contributed by atoms with E-state index >= 15 is 0 Å². The zero-order valence-corrected chi connectivity index (χ0v) is 15.5. The van der Waals surface area contributed by atoms with Crippen LogP contribution >= 0.6 is 0 Å². The standard InChI is InChI=1S/C22H19NO2S/c1-15-7-11-19(12-8-15)26(24,25)16(2)22-13-21-18(14-23-22)10-9-17-5-3-4-6-20(17)21/h3-14,16H,1-2H3. The quantitative estimate of drug-likeness (QED) is 0.469. The summed E-state index contributed by atoms with van der Waals surface area (Å²) < 4.78 is 26.0. The minimum atomic E-state index is -3.49. The molecular weight excluding hydrogens is 342 g/mol. The van der Waals surface area contributed by atoms with Crippen LogP contribution in [0.5, 0.6) is 0 Å². The summed E-state index contributed by atoms with van der Waals surface area (Å²) in [6.45, 7) is 3.64. The molecule has 0 N–H and O–H groups in total. The van der Waals surface area contributed by atoms with Crippen LogP contribution in [-0.4, -0.2) is 13.4 Å². The van der Waals surface area contributed by atoms with Crippen LogP contribution in [-0.2, 0) is 9.84 Å². The smallest absolute Gasteiger partial charge is 0.186 e. The molecule has 1 atom stereocenters. The lowest BCUT2D eigenvalue weighted by molar-refractivity contribution is 0.585. The number of rotatable bonds is 3. The second-order valence-electron chi connectivity index (χ2n) is 6.62.